The van der Waals surface area contributed by atoms with E-state index in [4.69, 9.17) is 0 Å². The standard InChI is InChI=1S/C19H21N3O3/c1-15-6-2-3-7-16(15)14-19(23)21-12-10-20(11-13-21)17-8-4-5-9-18(17)22(24)25/h2-9H,10-14H2,1H3. The molecular weight excluding hydrogens is 318 g/mol. The molecule has 1 aliphatic heterocycles. The van der Waals surface area contributed by atoms with Crippen molar-refractivity contribution in [1.82, 2.24) is 4.90 Å². The third kappa shape index (κ3) is 3.79. The fourth-order valence-electron chi connectivity index (χ4n) is 3.17. The van der Waals surface area contributed by atoms with E-state index in [2.05, 4.69) is 0 Å². The minimum absolute atomic E-state index is 0.108. The highest BCUT2D eigenvalue weighted by molar-refractivity contribution is 5.79. The quantitative estimate of drug-likeness (QED) is 0.634. The van der Waals surface area contributed by atoms with Gasteiger partial charge in [-0.05, 0) is 24.1 Å². The molecule has 0 unspecified atom stereocenters. The van der Waals surface area contributed by atoms with Crippen LogP contribution >= 0.6 is 0 Å². The second-order valence-corrected chi connectivity index (χ2v) is 6.22. The van der Waals surface area contributed by atoms with Gasteiger partial charge in [0.1, 0.15) is 5.69 Å². The lowest BCUT2D eigenvalue weighted by atomic mass is 10.1. The van der Waals surface area contributed by atoms with Crippen molar-refractivity contribution >= 4 is 17.3 Å². The molecule has 0 spiro atoms. The molecule has 0 aromatic heterocycles. The average Bonchev–Trinajstić information content (AvgIpc) is 2.63. The van der Waals surface area contributed by atoms with Gasteiger partial charge in [-0.25, -0.2) is 0 Å². The zero-order chi connectivity index (χ0) is 17.8. The van der Waals surface area contributed by atoms with Gasteiger partial charge < -0.3 is 9.80 Å². The van der Waals surface area contributed by atoms with Crippen molar-refractivity contribution in [3.63, 3.8) is 0 Å². The van der Waals surface area contributed by atoms with Crippen LogP contribution in [0.4, 0.5) is 11.4 Å². The number of benzene rings is 2. The first-order valence-electron chi connectivity index (χ1n) is 8.37. The van der Waals surface area contributed by atoms with Gasteiger partial charge in [-0.3, -0.25) is 14.9 Å². The van der Waals surface area contributed by atoms with E-state index < -0.39 is 0 Å². The van der Waals surface area contributed by atoms with E-state index in [9.17, 15) is 14.9 Å². The van der Waals surface area contributed by atoms with Crippen molar-refractivity contribution in [2.75, 3.05) is 31.1 Å². The number of rotatable bonds is 4. The average molecular weight is 339 g/mol. The normalized spacial score (nSPS) is 14.4. The van der Waals surface area contributed by atoms with E-state index in [1.54, 1.807) is 18.2 Å². The Morgan fingerprint density at radius 2 is 1.68 bits per heavy atom. The second-order valence-electron chi connectivity index (χ2n) is 6.22. The molecule has 0 atom stereocenters. The number of amides is 1. The van der Waals surface area contributed by atoms with Crippen LogP contribution in [0.2, 0.25) is 0 Å². The topological polar surface area (TPSA) is 66.7 Å². The molecule has 0 aliphatic carbocycles. The maximum absolute atomic E-state index is 12.5. The molecule has 0 saturated carbocycles. The first-order valence-corrected chi connectivity index (χ1v) is 8.37. The summed E-state index contributed by atoms with van der Waals surface area (Å²) in [6.07, 6.45) is 0.401. The number of anilines is 1. The summed E-state index contributed by atoms with van der Waals surface area (Å²) in [6, 6.07) is 14.7. The summed E-state index contributed by atoms with van der Waals surface area (Å²) in [5.74, 6) is 0.108. The highest BCUT2D eigenvalue weighted by atomic mass is 16.6. The van der Waals surface area contributed by atoms with E-state index in [1.807, 2.05) is 41.0 Å². The number of nitrogens with zero attached hydrogens (tertiary/aromatic N) is 3. The molecule has 1 saturated heterocycles. The first kappa shape index (κ1) is 17.0. The van der Waals surface area contributed by atoms with Crippen LogP contribution in [0.5, 0.6) is 0 Å². The second kappa shape index (κ2) is 7.34. The number of para-hydroxylation sites is 2. The van der Waals surface area contributed by atoms with E-state index in [0.29, 0.717) is 38.3 Å². The van der Waals surface area contributed by atoms with Crippen LogP contribution in [0.15, 0.2) is 48.5 Å². The summed E-state index contributed by atoms with van der Waals surface area (Å²) in [4.78, 5) is 27.2. The lowest BCUT2D eigenvalue weighted by molar-refractivity contribution is -0.384. The Kier molecular flexibility index (Phi) is 4.97. The lowest BCUT2D eigenvalue weighted by Gasteiger charge is -2.36. The van der Waals surface area contributed by atoms with Crippen molar-refractivity contribution < 1.29 is 9.72 Å². The molecule has 6 nitrogen and oxygen atoms in total. The smallest absolute Gasteiger partial charge is 0.292 e. The van der Waals surface area contributed by atoms with Crippen LogP contribution in [-0.4, -0.2) is 41.9 Å². The predicted octanol–water partition coefficient (Wildman–Crippen LogP) is 2.79. The maximum Gasteiger partial charge on any atom is 0.292 e. The van der Waals surface area contributed by atoms with E-state index >= 15 is 0 Å². The molecule has 2 aromatic carbocycles. The summed E-state index contributed by atoms with van der Waals surface area (Å²) in [6.45, 7) is 4.37. The lowest BCUT2D eigenvalue weighted by Crippen LogP contribution is -2.49. The van der Waals surface area contributed by atoms with Gasteiger partial charge in [0.15, 0.2) is 0 Å². The van der Waals surface area contributed by atoms with E-state index in [1.165, 1.54) is 6.07 Å². The number of carbonyl (C=O) groups excluding carboxylic acids is 1. The Morgan fingerprint density at radius 1 is 1.04 bits per heavy atom. The number of hydrogen-bond donors (Lipinski definition) is 0. The zero-order valence-corrected chi connectivity index (χ0v) is 14.2. The van der Waals surface area contributed by atoms with Gasteiger partial charge in [0.25, 0.3) is 5.69 Å². The SMILES string of the molecule is Cc1ccccc1CC(=O)N1CCN(c2ccccc2[N+](=O)[O-])CC1. The Morgan fingerprint density at radius 3 is 2.36 bits per heavy atom. The summed E-state index contributed by atoms with van der Waals surface area (Å²) >= 11 is 0. The Balaban J connectivity index is 1.63. The summed E-state index contributed by atoms with van der Waals surface area (Å²) in [5.41, 5.74) is 2.91. The fraction of sp³-hybridized carbons (Fsp3) is 0.316. The van der Waals surface area contributed by atoms with Gasteiger partial charge in [-0.1, -0.05) is 36.4 Å². The summed E-state index contributed by atoms with van der Waals surface area (Å²) in [7, 11) is 0. The van der Waals surface area contributed by atoms with Crippen molar-refractivity contribution in [1.29, 1.82) is 0 Å². The molecule has 130 valence electrons. The molecule has 25 heavy (non-hydrogen) atoms. The predicted molar refractivity (Wildman–Crippen MR) is 96.8 cm³/mol. The zero-order valence-electron chi connectivity index (χ0n) is 14.2. The van der Waals surface area contributed by atoms with Crippen molar-refractivity contribution in [2.45, 2.75) is 13.3 Å². The highest BCUT2D eigenvalue weighted by Crippen LogP contribution is 2.28. The van der Waals surface area contributed by atoms with Crippen LogP contribution in [0, 0.1) is 17.0 Å². The Labute approximate surface area is 146 Å². The van der Waals surface area contributed by atoms with Crippen LogP contribution < -0.4 is 4.90 Å². The molecule has 2 aromatic rings. The molecule has 6 heteroatoms. The van der Waals surface area contributed by atoms with E-state index in [-0.39, 0.29) is 16.5 Å². The largest absolute Gasteiger partial charge is 0.362 e. The molecule has 0 radical (unpaired) electrons. The van der Waals surface area contributed by atoms with Crippen LogP contribution in [0.25, 0.3) is 0 Å². The fourth-order valence-corrected chi connectivity index (χ4v) is 3.17. The first-order chi connectivity index (χ1) is 12.1. The van der Waals surface area contributed by atoms with Gasteiger partial charge in [0.05, 0.1) is 11.3 Å². The third-order valence-electron chi connectivity index (χ3n) is 4.65. The Bertz CT molecular complexity index is 783. The van der Waals surface area contributed by atoms with E-state index in [0.717, 1.165) is 11.1 Å². The molecule has 1 fully saturated rings. The number of nitro groups is 1. The number of aryl methyl sites for hydroxylation is 1. The van der Waals surface area contributed by atoms with Crippen molar-refractivity contribution in [3.8, 4) is 0 Å². The molecular formula is C19H21N3O3. The summed E-state index contributed by atoms with van der Waals surface area (Å²) in [5, 5.41) is 11.2. The summed E-state index contributed by atoms with van der Waals surface area (Å²) < 4.78 is 0. The molecule has 0 N–H and O–H groups in total. The van der Waals surface area contributed by atoms with Gasteiger partial charge in [0, 0.05) is 32.2 Å². The van der Waals surface area contributed by atoms with Crippen molar-refractivity contribution in [2.24, 2.45) is 0 Å². The van der Waals surface area contributed by atoms with Gasteiger partial charge >= 0.3 is 0 Å². The van der Waals surface area contributed by atoms with Crippen molar-refractivity contribution in [3.05, 3.63) is 69.8 Å². The molecule has 1 heterocycles. The van der Waals surface area contributed by atoms with Gasteiger partial charge in [-0.15, -0.1) is 0 Å². The monoisotopic (exact) mass is 339 g/mol. The maximum atomic E-state index is 12.5. The highest BCUT2D eigenvalue weighted by Gasteiger charge is 2.25. The molecule has 3 rings (SSSR count). The van der Waals surface area contributed by atoms with Gasteiger partial charge in [0.2, 0.25) is 5.91 Å². The minimum Gasteiger partial charge on any atom is -0.362 e. The van der Waals surface area contributed by atoms with Crippen LogP contribution in [0.3, 0.4) is 0 Å². The number of piperazine rings is 1. The number of nitro benzene ring substituents is 1. The van der Waals surface area contributed by atoms with Crippen LogP contribution in [-0.2, 0) is 11.2 Å². The van der Waals surface area contributed by atoms with Gasteiger partial charge in [-0.2, -0.15) is 0 Å². The number of carbonyl (C=O) groups is 1. The van der Waals surface area contributed by atoms with Crippen LogP contribution in [0.1, 0.15) is 11.1 Å². The number of hydrogen-bond acceptors (Lipinski definition) is 4. The minimum atomic E-state index is -0.356. The molecule has 1 amide bonds. The third-order valence-corrected chi connectivity index (χ3v) is 4.65. The Hall–Kier alpha value is -2.89. The molecule has 0 bridgehead atoms. The molecule has 1 aliphatic rings.